The van der Waals surface area contributed by atoms with E-state index in [0.717, 1.165) is 5.56 Å². The number of aromatic nitrogens is 3. The van der Waals surface area contributed by atoms with Gasteiger partial charge in [0.05, 0.1) is 12.1 Å². The third kappa shape index (κ3) is 2.45. The van der Waals surface area contributed by atoms with Gasteiger partial charge >= 0.3 is 0 Å². The average Bonchev–Trinajstić information content (AvgIpc) is 3.01. The van der Waals surface area contributed by atoms with Gasteiger partial charge in [-0.15, -0.1) is 5.10 Å². The lowest BCUT2D eigenvalue weighted by Crippen LogP contribution is -2.09. The van der Waals surface area contributed by atoms with Crippen LogP contribution < -0.4 is 0 Å². The lowest BCUT2D eigenvalue weighted by atomic mass is 10.0. The fraction of sp³-hybridized carbons (Fsp3) is 0.308. The summed E-state index contributed by atoms with van der Waals surface area (Å²) in [5.41, 5.74) is 0.753. The van der Waals surface area contributed by atoms with Gasteiger partial charge < -0.3 is 0 Å². The van der Waals surface area contributed by atoms with Crippen LogP contribution in [0.5, 0.6) is 0 Å². The van der Waals surface area contributed by atoms with E-state index < -0.39 is 17.0 Å². The maximum absolute atomic E-state index is 14.1. The summed E-state index contributed by atoms with van der Waals surface area (Å²) in [5, 5.41) is 13.2. The summed E-state index contributed by atoms with van der Waals surface area (Å²) < 4.78 is 27.3. The Bertz CT molecular complexity index is 757. The molecule has 0 radical (unpaired) electrons. The number of rotatable bonds is 3. The van der Waals surface area contributed by atoms with Gasteiger partial charge in [0.15, 0.2) is 12.0 Å². The number of hydrogen-bond acceptors (Lipinski definition) is 4. The van der Waals surface area contributed by atoms with Crippen molar-refractivity contribution < 1.29 is 8.60 Å². The Labute approximate surface area is 127 Å². The van der Waals surface area contributed by atoms with Crippen LogP contribution in [0.3, 0.4) is 0 Å². The number of nitriles is 1. The van der Waals surface area contributed by atoms with Crippen LogP contribution in [0.4, 0.5) is 4.39 Å². The van der Waals surface area contributed by atoms with Crippen LogP contribution in [0.25, 0.3) is 0 Å². The summed E-state index contributed by atoms with van der Waals surface area (Å²) in [4.78, 5) is 3.98. The van der Waals surface area contributed by atoms with E-state index in [4.69, 9.17) is 16.9 Å². The molecule has 21 heavy (non-hydrogen) atoms. The second-order valence-electron chi connectivity index (χ2n) is 4.59. The minimum absolute atomic E-state index is 0.00838. The number of hydrogen-bond donors (Lipinski definition) is 0. The Kier molecular flexibility index (Phi) is 3.74. The van der Waals surface area contributed by atoms with Crippen LogP contribution in [0, 0.1) is 11.3 Å². The van der Waals surface area contributed by atoms with Crippen molar-refractivity contribution in [2.75, 3.05) is 5.75 Å². The van der Waals surface area contributed by atoms with E-state index in [9.17, 15) is 8.60 Å². The van der Waals surface area contributed by atoms with Gasteiger partial charge in [0.25, 0.3) is 0 Å². The Balaban J connectivity index is 2.02. The molecule has 3 atom stereocenters. The summed E-state index contributed by atoms with van der Waals surface area (Å²) in [6.45, 7) is 0. The van der Waals surface area contributed by atoms with Gasteiger partial charge in [0.1, 0.15) is 16.6 Å². The predicted octanol–water partition coefficient (Wildman–Crippen LogP) is 2.57. The van der Waals surface area contributed by atoms with Crippen molar-refractivity contribution in [3.8, 4) is 6.07 Å². The molecule has 5 nitrogen and oxygen atoms in total. The summed E-state index contributed by atoms with van der Waals surface area (Å²) >= 11 is 6.15. The number of alkyl halides is 1. The highest BCUT2D eigenvalue weighted by atomic mass is 35.5. The summed E-state index contributed by atoms with van der Waals surface area (Å²) in [6, 6.07) is 8.57. The molecule has 0 amide bonds. The van der Waals surface area contributed by atoms with Gasteiger partial charge in [0, 0.05) is 11.4 Å². The maximum atomic E-state index is 14.1. The molecular weight excluding hydrogens is 315 g/mol. The van der Waals surface area contributed by atoms with Crippen LogP contribution in [-0.4, -0.2) is 24.7 Å². The van der Waals surface area contributed by atoms with Crippen LogP contribution in [0.15, 0.2) is 29.4 Å². The molecule has 1 aliphatic heterocycles. The first-order valence-corrected chi connectivity index (χ1v) is 7.91. The monoisotopic (exact) mass is 324 g/mol. The lowest BCUT2D eigenvalue weighted by Gasteiger charge is -2.13. The van der Waals surface area contributed by atoms with Crippen molar-refractivity contribution >= 4 is 22.4 Å². The van der Waals surface area contributed by atoms with E-state index in [1.165, 1.54) is 4.68 Å². The van der Waals surface area contributed by atoms with E-state index >= 15 is 0 Å². The Morgan fingerprint density at radius 3 is 3.00 bits per heavy atom. The van der Waals surface area contributed by atoms with Gasteiger partial charge in [-0.1, -0.05) is 29.8 Å². The molecule has 108 valence electrons. The van der Waals surface area contributed by atoms with Crippen LogP contribution in [0.2, 0.25) is 5.02 Å². The molecule has 2 heterocycles. The smallest absolute Gasteiger partial charge is 0.240 e. The van der Waals surface area contributed by atoms with Crippen molar-refractivity contribution in [1.29, 1.82) is 5.26 Å². The molecule has 1 aromatic heterocycles. The van der Waals surface area contributed by atoms with Crippen LogP contribution >= 0.6 is 11.6 Å². The predicted molar refractivity (Wildman–Crippen MR) is 75.0 cm³/mol. The molecule has 0 bridgehead atoms. The zero-order valence-electron chi connectivity index (χ0n) is 10.7. The van der Waals surface area contributed by atoms with Gasteiger partial charge in [-0.05, 0) is 11.6 Å². The van der Waals surface area contributed by atoms with Gasteiger partial charge in [-0.25, -0.2) is 18.3 Å². The average molecular weight is 325 g/mol. The highest BCUT2D eigenvalue weighted by molar-refractivity contribution is 7.85. The van der Waals surface area contributed by atoms with Crippen LogP contribution in [-0.2, 0) is 10.8 Å². The van der Waals surface area contributed by atoms with E-state index in [1.54, 1.807) is 18.2 Å². The van der Waals surface area contributed by atoms with Crippen molar-refractivity contribution in [1.82, 2.24) is 14.8 Å². The standard InChI is InChI=1S/C13H10ClFN4OS/c14-9-4-2-1-3-8(9)11-7-10(15)12-17-13(18-19(11)12)21(20)6-5-16/h1-4,10-11H,6-7H2/t10-,11-,21-/m0/s1. The zero-order valence-corrected chi connectivity index (χ0v) is 12.3. The second-order valence-corrected chi connectivity index (χ2v) is 6.34. The molecular formula is C13H10ClFN4OS. The Morgan fingerprint density at radius 2 is 2.29 bits per heavy atom. The second kappa shape index (κ2) is 5.54. The normalized spacial score (nSPS) is 21.8. The van der Waals surface area contributed by atoms with E-state index in [0.29, 0.717) is 5.02 Å². The molecule has 1 aromatic carbocycles. The third-order valence-corrected chi connectivity index (χ3v) is 4.62. The van der Waals surface area contributed by atoms with Gasteiger partial charge in [-0.2, -0.15) is 5.26 Å². The topological polar surface area (TPSA) is 71.6 Å². The number of benzene rings is 1. The third-order valence-electron chi connectivity index (χ3n) is 3.31. The molecule has 0 spiro atoms. The summed E-state index contributed by atoms with van der Waals surface area (Å²) in [6.07, 6.45) is -1.09. The first-order valence-electron chi connectivity index (χ1n) is 6.22. The van der Waals surface area contributed by atoms with E-state index in [2.05, 4.69) is 10.1 Å². The van der Waals surface area contributed by atoms with E-state index in [-0.39, 0.29) is 29.2 Å². The van der Waals surface area contributed by atoms with Crippen molar-refractivity contribution in [3.63, 3.8) is 0 Å². The van der Waals surface area contributed by atoms with Gasteiger partial charge in [-0.3, -0.25) is 0 Å². The first-order chi connectivity index (χ1) is 10.1. The molecule has 0 fully saturated rings. The Hall–Kier alpha value is -1.78. The van der Waals surface area contributed by atoms with Crippen molar-refractivity contribution in [2.45, 2.75) is 23.8 Å². The number of fused-ring (bicyclic) bond motifs is 1. The molecule has 8 heteroatoms. The SMILES string of the molecule is N#CC[S@](=O)c1nc2n(n1)[C@H](c1ccccc1Cl)C[C@@H]2F. The van der Waals surface area contributed by atoms with Crippen LogP contribution in [0.1, 0.15) is 30.0 Å². The first kappa shape index (κ1) is 14.2. The minimum Gasteiger partial charge on any atom is -0.250 e. The fourth-order valence-electron chi connectivity index (χ4n) is 2.38. The quantitative estimate of drug-likeness (QED) is 0.870. The lowest BCUT2D eigenvalue weighted by molar-refractivity contribution is 0.327. The van der Waals surface area contributed by atoms with Crippen molar-refractivity contribution in [3.05, 3.63) is 40.7 Å². The molecule has 2 aromatic rings. The summed E-state index contributed by atoms with van der Waals surface area (Å²) in [5.74, 6) is -0.0711. The largest absolute Gasteiger partial charge is 0.250 e. The highest BCUT2D eigenvalue weighted by Crippen LogP contribution is 2.41. The van der Waals surface area contributed by atoms with E-state index in [1.807, 2.05) is 12.1 Å². The molecule has 0 saturated heterocycles. The molecule has 3 rings (SSSR count). The number of halogens is 2. The zero-order chi connectivity index (χ0) is 15.0. The molecule has 0 saturated carbocycles. The van der Waals surface area contributed by atoms with Gasteiger partial charge in [0.2, 0.25) is 5.16 Å². The molecule has 1 aliphatic rings. The molecule has 0 N–H and O–H groups in total. The van der Waals surface area contributed by atoms with Crippen molar-refractivity contribution in [2.24, 2.45) is 0 Å². The fourth-order valence-corrected chi connectivity index (χ4v) is 3.27. The number of nitrogens with zero attached hydrogens (tertiary/aromatic N) is 4. The maximum Gasteiger partial charge on any atom is 0.240 e. The highest BCUT2D eigenvalue weighted by Gasteiger charge is 2.36. The summed E-state index contributed by atoms with van der Waals surface area (Å²) in [7, 11) is -1.64. The molecule has 0 unspecified atom stereocenters. The Morgan fingerprint density at radius 1 is 1.52 bits per heavy atom. The molecule has 0 aliphatic carbocycles. The minimum atomic E-state index is -1.64.